The number of amides is 1. The molecule has 10 heteroatoms. The Hall–Kier alpha value is -2.20. The Kier molecular flexibility index (Phi) is 4.78. The van der Waals surface area contributed by atoms with E-state index >= 15 is 0 Å². The van der Waals surface area contributed by atoms with Crippen LogP contribution in [0.3, 0.4) is 0 Å². The van der Waals surface area contributed by atoms with Gasteiger partial charge < -0.3 is 10.1 Å². The number of nitrogens with zero attached hydrogens (tertiary/aromatic N) is 3. The number of aromatic nitrogens is 2. The van der Waals surface area contributed by atoms with Gasteiger partial charge in [-0.15, -0.1) is 0 Å². The average molecular weight is 400 g/mol. The van der Waals surface area contributed by atoms with Gasteiger partial charge in [0.05, 0.1) is 18.8 Å². The maximum atomic E-state index is 14.0. The number of halogens is 4. The van der Waals surface area contributed by atoms with Crippen LogP contribution in [0.5, 0.6) is 0 Å². The van der Waals surface area contributed by atoms with E-state index in [1.54, 1.807) is 0 Å². The number of hydrogen-bond acceptors (Lipinski definition) is 4. The molecular weight excluding hydrogens is 380 g/mol. The molecule has 0 radical (unpaired) electrons. The summed E-state index contributed by atoms with van der Waals surface area (Å²) in [5.74, 6) is -0.528. The summed E-state index contributed by atoms with van der Waals surface area (Å²) in [6, 6.07) is 3.21. The Morgan fingerprint density at radius 2 is 2.00 bits per heavy atom. The number of fused-ring (bicyclic) bond motifs is 3. The van der Waals surface area contributed by atoms with Gasteiger partial charge in [0.2, 0.25) is 0 Å². The van der Waals surface area contributed by atoms with E-state index in [2.05, 4.69) is 15.2 Å². The molecule has 0 aliphatic carbocycles. The lowest BCUT2D eigenvalue weighted by molar-refractivity contribution is -0.203. The van der Waals surface area contributed by atoms with Crippen LogP contribution in [0.4, 0.5) is 17.6 Å². The monoisotopic (exact) mass is 400 g/mol. The fourth-order valence-corrected chi connectivity index (χ4v) is 4.07. The molecule has 1 N–H and O–H groups in total. The molecule has 0 spiro atoms. The topological polar surface area (TPSA) is 59.4 Å². The molecule has 2 aliphatic rings. The van der Waals surface area contributed by atoms with E-state index in [1.165, 1.54) is 18.3 Å². The maximum absolute atomic E-state index is 14.0. The minimum absolute atomic E-state index is 0.0182. The van der Waals surface area contributed by atoms with Crippen LogP contribution in [0.1, 0.15) is 29.5 Å². The van der Waals surface area contributed by atoms with Crippen molar-refractivity contribution < 1.29 is 27.1 Å². The lowest BCUT2D eigenvalue weighted by Gasteiger charge is -2.46. The molecule has 28 heavy (non-hydrogen) atoms. The van der Waals surface area contributed by atoms with Gasteiger partial charge in [-0.05, 0) is 32.0 Å². The zero-order valence-corrected chi connectivity index (χ0v) is 15.1. The van der Waals surface area contributed by atoms with E-state index in [1.807, 2.05) is 7.05 Å². The SMILES string of the molecule is CN1[C@@H]2COC[C@H]1C[C@@H](NC(=O)c1cn([C@H](F)C(F)(F)F)c3ncccc13)C2. The van der Waals surface area contributed by atoms with Crippen LogP contribution in [-0.4, -0.2) is 64.9 Å². The number of rotatable bonds is 3. The highest BCUT2D eigenvalue weighted by molar-refractivity contribution is 6.06. The predicted octanol–water partition coefficient (Wildman–Crippen LogP) is 2.66. The van der Waals surface area contributed by atoms with Crippen LogP contribution < -0.4 is 5.32 Å². The molecule has 1 amide bonds. The first-order valence-electron chi connectivity index (χ1n) is 9.02. The summed E-state index contributed by atoms with van der Waals surface area (Å²) in [5, 5.41) is 3.09. The van der Waals surface area contributed by atoms with Crippen LogP contribution in [0.15, 0.2) is 24.5 Å². The highest BCUT2D eigenvalue weighted by atomic mass is 19.4. The first kappa shape index (κ1) is 19.1. The van der Waals surface area contributed by atoms with E-state index in [9.17, 15) is 22.4 Å². The van der Waals surface area contributed by atoms with E-state index in [-0.39, 0.29) is 34.7 Å². The van der Waals surface area contributed by atoms with Crippen LogP contribution in [-0.2, 0) is 4.74 Å². The number of pyridine rings is 1. The Labute approximate surface area is 158 Å². The van der Waals surface area contributed by atoms with Gasteiger partial charge >= 0.3 is 6.18 Å². The fraction of sp³-hybridized carbons (Fsp3) is 0.556. The normalized spacial score (nSPS) is 27.0. The number of alkyl halides is 4. The average Bonchev–Trinajstić information content (AvgIpc) is 3.01. The molecule has 2 aromatic rings. The van der Waals surface area contributed by atoms with Crippen molar-refractivity contribution in [1.29, 1.82) is 0 Å². The molecule has 2 bridgehead atoms. The molecule has 152 valence electrons. The molecule has 0 unspecified atom stereocenters. The quantitative estimate of drug-likeness (QED) is 0.805. The summed E-state index contributed by atoms with van der Waals surface area (Å²) in [6.07, 6.45) is -4.84. The van der Waals surface area contributed by atoms with Crippen LogP contribution in [0, 0.1) is 0 Å². The number of piperidine rings is 1. The maximum Gasteiger partial charge on any atom is 0.439 e. The molecule has 4 heterocycles. The predicted molar refractivity (Wildman–Crippen MR) is 92.6 cm³/mol. The van der Waals surface area contributed by atoms with Crippen molar-refractivity contribution in [3.8, 4) is 0 Å². The van der Waals surface area contributed by atoms with Crippen molar-refractivity contribution in [3.63, 3.8) is 0 Å². The summed E-state index contributed by atoms with van der Waals surface area (Å²) in [6.45, 7) is 1.16. The van der Waals surface area contributed by atoms with E-state index in [0.717, 1.165) is 6.20 Å². The molecule has 0 aromatic carbocycles. The molecule has 2 aromatic heterocycles. The van der Waals surface area contributed by atoms with Crippen LogP contribution in [0.25, 0.3) is 11.0 Å². The van der Waals surface area contributed by atoms with Gasteiger partial charge in [-0.2, -0.15) is 13.2 Å². The van der Waals surface area contributed by atoms with E-state index in [0.29, 0.717) is 30.6 Å². The van der Waals surface area contributed by atoms with Crippen LogP contribution in [0.2, 0.25) is 0 Å². The number of nitrogens with one attached hydrogen (secondary N) is 1. The largest absolute Gasteiger partial charge is 0.439 e. The Morgan fingerprint density at radius 1 is 1.32 bits per heavy atom. The Balaban J connectivity index is 1.60. The highest BCUT2D eigenvalue weighted by Crippen LogP contribution is 2.35. The molecule has 4 atom stereocenters. The third-order valence-electron chi connectivity index (χ3n) is 5.57. The van der Waals surface area contributed by atoms with E-state index in [4.69, 9.17) is 4.74 Å². The fourth-order valence-electron chi connectivity index (χ4n) is 4.07. The van der Waals surface area contributed by atoms with Gasteiger partial charge in [-0.3, -0.25) is 14.3 Å². The van der Waals surface area contributed by atoms with Gasteiger partial charge in [0, 0.05) is 35.9 Å². The molecule has 2 fully saturated rings. The van der Waals surface area contributed by atoms with Gasteiger partial charge in [0.15, 0.2) is 0 Å². The van der Waals surface area contributed by atoms with Gasteiger partial charge in [0.1, 0.15) is 5.65 Å². The highest BCUT2D eigenvalue weighted by Gasteiger charge is 2.43. The first-order valence-corrected chi connectivity index (χ1v) is 9.02. The van der Waals surface area contributed by atoms with Crippen molar-refractivity contribution in [2.75, 3.05) is 20.3 Å². The lowest BCUT2D eigenvalue weighted by atomic mass is 9.90. The second kappa shape index (κ2) is 7.00. The molecule has 6 nitrogen and oxygen atoms in total. The number of carbonyl (C=O) groups excluding carboxylic acids is 1. The standard InChI is InChI=1S/C18H20F4N4O2/c1-25-11-5-10(6-12(25)9-28-8-11)24-16(27)14-7-26(17(19)18(20,21)22)15-13(14)3-2-4-23-15/h2-4,7,10-12,17H,5-6,8-9H2,1H3,(H,24,27)/t10-,11-,12+,17-/m0/s1. The van der Waals surface area contributed by atoms with Gasteiger partial charge in [0.25, 0.3) is 12.2 Å². The van der Waals surface area contributed by atoms with Crippen molar-refractivity contribution in [1.82, 2.24) is 19.8 Å². The Bertz CT molecular complexity index is 870. The number of likely N-dealkylation sites (N-methyl/N-ethyl adjacent to an activating group) is 1. The van der Waals surface area contributed by atoms with Crippen LogP contribution >= 0.6 is 0 Å². The third-order valence-corrected chi connectivity index (χ3v) is 5.57. The molecule has 4 rings (SSSR count). The van der Waals surface area contributed by atoms with Crippen molar-refractivity contribution in [2.45, 2.75) is 43.4 Å². The summed E-state index contributed by atoms with van der Waals surface area (Å²) in [7, 11) is 2.02. The smallest absolute Gasteiger partial charge is 0.378 e. The summed E-state index contributed by atoms with van der Waals surface area (Å²) in [4.78, 5) is 18.9. The van der Waals surface area contributed by atoms with Crippen molar-refractivity contribution >= 4 is 16.9 Å². The van der Waals surface area contributed by atoms with Gasteiger partial charge in [-0.25, -0.2) is 9.37 Å². The molecule has 0 saturated carbocycles. The first-order chi connectivity index (χ1) is 13.3. The minimum atomic E-state index is -5.09. The molecular formula is C18H20F4N4O2. The second-order valence-electron chi connectivity index (χ2n) is 7.35. The zero-order valence-electron chi connectivity index (χ0n) is 15.1. The second-order valence-corrected chi connectivity index (χ2v) is 7.35. The van der Waals surface area contributed by atoms with Crippen molar-refractivity contribution in [3.05, 3.63) is 30.1 Å². The summed E-state index contributed by atoms with van der Waals surface area (Å²) < 4.78 is 58.5. The van der Waals surface area contributed by atoms with Gasteiger partial charge in [-0.1, -0.05) is 0 Å². The third kappa shape index (κ3) is 3.35. The number of ether oxygens (including phenoxy) is 1. The van der Waals surface area contributed by atoms with Crippen molar-refractivity contribution in [2.24, 2.45) is 0 Å². The lowest BCUT2D eigenvalue weighted by Crippen LogP contribution is -2.59. The number of hydrogen-bond donors (Lipinski definition) is 1. The summed E-state index contributed by atoms with van der Waals surface area (Å²) >= 11 is 0. The summed E-state index contributed by atoms with van der Waals surface area (Å²) in [5.41, 5.74) is -0.235. The zero-order chi connectivity index (χ0) is 20.1. The molecule has 2 saturated heterocycles. The van der Waals surface area contributed by atoms with E-state index < -0.39 is 18.4 Å². The number of morpholine rings is 1. The minimum Gasteiger partial charge on any atom is -0.378 e. The Morgan fingerprint density at radius 3 is 2.64 bits per heavy atom. The number of carbonyl (C=O) groups is 1. The molecule has 2 aliphatic heterocycles.